The molecule has 0 radical (unpaired) electrons. The quantitative estimate of drug-likeness (QED) is 0.0185. The molecule has 0 saturated carbocycles. The second-order valence-electron chi connectivity index (χ2n) is 23.4. The highest BCUT2D eigenvalue weighted by atomic mass is 35.5. The number of aromatic nitrogens is 6. The van der Waals surface area contributed by atoms with Crippen molar-refractivity contribution in [2.75, 3.05) is 58.2 Å². The summed E-state index contributed by atoms with van der Waals surface area (Å²) in [6.07, 6.45) is -22.5. The second kappa shape index (κ2) is 39.7. The number of aliphatic hydroxyl groups excluding tert-OH is 8. The Morgan fingerprint density at radius 2 is 1.44 bits per heavy atom. The number of hydrogen-bond donors (Lipinski definition) is 22. The van der Waals surface area contributed by atoms with E-state index < -0.39 is 183 Å². The minimum absolute atomic E-state index is 0. The highest BCUT2D eigenvalue weighted by Crippen LogP contribution is 2.35. The van der Waals surface area contributed by atoms with Gasteiger partial charge in [-0.25, -0.2) is 29.7 Å². The first kappa shape index (κ1) is 83.2. The zero-order valence-corrected chi connectivity index (χ0v) is 57.2. The van der Waals surface area contributed by atoms with Crippen molar-refractivity contribution in [1.82, 2.24) is 67.1 Å². The monoisotopic (exact) mass is 1480 g/mol. The van der Waals surface area contributed by atoms with Crippen molar-refractivity contribution in [3.8, 4) is 10.7 Å². The van der Waals surface area contributed by atoms with Crippen LogP contribution < -0.4 is 71.6 Å². The molecule has 0 bridgehead atoms. The summed E-state index contributed by atoms with van der Waals surface area (Å²) in [5.41, 5.74) is 33.6. The number of aromatic amines is 1. The van der Waals surface area contributed by atoms with E-state index in [1.165, 1.54) is 50.4 Å². The molecule has 0 aromatic carbocycles. The van der Waals surface area contributed by atoms with Crippen LogP contribution in [0, 0.1) is 12.8 Å². The molecule has 8 amide bonds. The van der Waals surface area contributed by atoms with Gasteiger partial charge in [0.05, 0.1) is 72.7 Å². The van der Waals surface area contributed by atoms with Gasteiger partial charge in [-0.2, -0.15) is 0 Å². The molecule has 6 heterocycles. The van der Waals surface area contributed by atoms with E-state index in [1.807, 2.05) is 0 Å². The van der Waals surface area contributed by atoms with Crippen LogP contribution in [0.2, 0.25) is 0 Å². The lowest BCUT2D eigenvalue weighted by molar-refractivity contribution is -0.372. The van der Waals surface area contributed by atoms with Gasteiger partial charge in [-0.1, -0.05) is 6.92 Å². The van der Waals surface area contributed by atoms with Gasteiger partial charge in [0.1, 0.15) is 94.6 Å². The van der Waals surface area contributed by atoms with Crippen molar-refractivity contribution in [1.29, 1.82) is 0 Å². The Morgan fingerprint density at radius 1 is 0.750 bits per heavy atom. The van der Waals surface area contributed by atoms with Gasteiger partial charge in [-0.3, -0.25) is 33.6 Å². The maximum absolute atomic E-state index is 15.2. The number of nitrogen functional groups attached to an aromatic ring is 1. The third kappa shape index (κ3) is 22.8. The summed E-state index contributed by atoms with van der Waals surface area (Å²) in [6, 6.07) is -7.87. The van der Waals surface area contributed by atoms with E-state index in [9.17, 15) is 74.4 Å². The fourth-order valence-electron chi connectivity index (χ4n) is 10.2. The molecule has 0 aliphatic carbocycles. The molecule has 6 rings (SSSR count). The van der Waals surface area contributed by atoms with E-state index in [-0.39, 0.29) is 66.4 Å². The van der Waals surface area contributed by atoms with Crippen LogP contribution in [0.15, 0.2) is 23.3 Å². The van der Waals surface area contributed by atoms with Crippen LogP contribution in [0.1, 0.15) is 102 Å². The summed E-state index contributed by atoms with van der Waals surface area (Å²) in [6.45, 7) is 5.29. The van der Waals surface area contributed by atoms with Crippen molar-refractivity contribution in [2.45, 2.75) is 170 Å². The molecule has 4 aromatic rings. The SMILES string of the molecule is Cc1c(N)nc([C@H](CC(N)=O)NC[C@H](N)C(N)=O)nc1C(=O)N[C@H](C(=O)N[C@H](C)[C@@H](O)[C@@H](C)C(=O)NC(C(=O)NCCc1nc(-c2nc(C(=O)NCCCNCCCCN)cs2)cs1)[C@@H](C)O)[C@@H](O[C@@H]1O[C@@H](CO)[C@@H](O)[C@H](O)[C@@H]1OC1O[C@H](CO)[C@@H](O)[C@H](OC(N)=O)[C@@H]1O)c1cnc[nH]1.Cl. The maximum atomic E-state index is 15.2. The topological polar surface area (TPSA) is 665 Å². The number of halogens is 1. The zero-order chi connectivity index (χ0) is 72.9. The number of carbonyl (C=O) groups is 8. The van der Waals surface area contributed by atoms with Gasteiger partial charge in [0.25, 0.3) is 11.8 Å². The average Bonchev–Trinajstić information content (AvgIpc) is 0.853. The first-order chi connectivity index (χ1) is 47.0. The third-order valence-corrected chi connectivity index (χ3v) is 17.7. The van der Waals surface area contributed by atoms with Crippen LogP contribution >= 0.6 is 35.1 Å². The standard InChI is InChI=1S/C57H89N19O21S2.ClH/c1-22-35(73-48(76-46(22)61)27(14-33(60)80)68-15-26(59)47(62)86)52(90)75-37(43(28-16-65-21-69-28)95-56-45(41(84)39(82)31(17-77)94-56)96-55-42(85)44(97-57(63)92)40(83)32(18-78)93-55)53(91)70-24(3)38(81)23(2)49(87)74-36(25(4)79)51(89)67-13-8-34-71-30(20-98-34)54-72-29(19-99-54)50(88)66-12-7-11-64-10-6-5-9-58;/h16,19-21,23-27,31-32,36-45,55-56,64,68,77-79,81-85H,5-15,17-18,58-59H2,1-4H3,(H2,60,80)(H2,62,86)(H2,63,92)(H,65,69)(H,66,88)(H,67,89)(H,70,91)(H,74,87)(H,75,90)(H2,61,73,76);1H/t23-,24-,25-,26+,27+,31+,32-,36?,37+,38+,39-,40-,41+,42+,43+,44+,45+,55?,56+;/m1./s1. The van der Waals surface area contributed by atoms with Crippen LogP contribution in [0.5, 0.6) is 0 Å². The molecule has 558 valence electrons. The molecule has 28 N–H and O–H groups in total. The Bertz CT molecular complexity index is 3330. The first-order valence-corrected chi connectivity index (χ1v) is 33.1. The van der Waals surface area contributed by atoms with Gasteiger partial charge in [0, 0.05) is 48.8 Å². The van der Waals surface area contributed by atoms with E-state index in [4.69, 9.17) is 58.1 Å². The molecule has 43 heteroatoms. The summed E-state index contributed by atoms with van der Waals surface area (Å²) >= 11 is 2.50. The van der Waals surface area contributed by atoms with Crippen molar-refractivity contribution in [3.63, 3.8) is 0 Å². The number of unbranched alkanes of at least 4 members (excludes halogenated alkanes) is 1. The number of H-pyrrole nitrogens is 1. The summed E-state index contributed by atoms with van der Waals surface area (Å²) < 4.78 is 28.7. The molecule has 19 atom stereocenters. The molecule has 2 unspecified atom stereocenters. The number of amides is 8. The summed E-state index contributed by atoms with van der Waals surface area (Å²) in [5.74, 6) is -8.74. The number of anilines is 1. The molecule has 4 aromatic heterocycles. The molecule has 2 aliphatic rings. The number of hydrogen-bond acceptors (Lipinski definition) is 33. The Kier molecular flexibility index (Phi) is 33.0. The van der Waals surface area contributed by atoms with Crippen LogP contribution in [0.25, 0.3) is 10.7 Å². The minimum Gasteiger partial charge on any atom is -0.441 e. The fourth-order valence-corrected chi connectivity index (χ4v) is 11.8. The van der Waals surface area contributed by atoms with Crippen LogP contribution in [-0.2, 0) is 54.1 Å². The number of nitrogens with zero attached hydrogens (tertiary/aromatic N) is 5. The lowest BCUT2D eigenvalue weighted by Gasteiger charge is -2.47. The van der Waals surface area contributed by atoms with Crippen molar-refractivity contribution < 1.29 is 103 Å². The van der Waals surface area contributed by atoms with Gasteiger partial charge in [0.2, 0.25) is 29.5 Å². The highest BCUT2D eigenvalue weighted by Gasteiger charge is 2.54. The highest BCUT2D eigenvalue weighted by molar-refractivity contribution is 7.14. The van der Waals surface area contributed by atoms with Crippen molar-refractivity contribution >= 4 is 88.3 Å². The zero-order valence-electron chi connectivity index (χ0n) is 54.8. The summed E-state index contributed by atoms with van der Waals surface area (Å²) in [4.78, 5) is 131. The van der Waals surface area contributed by atoms with E-state index in [1.54, 1.807) is 10.8 Å². The number of ether oxygens (including phenoxy) is 5. The number of nitrogens with two attached hydrogens (primary N) is 6. The van der Waals surface area contributed by atoms with Gasteiger partial charge in [-0.15, -0.1) is 35.1 Å². The summed E-state index contributed by atoms with van der Waals surface area (Å²) in [7, 11) is 0. The third-order valence-electron chi connectivity index (χ3n) is 15.9. The Balaban J connectivity index is 0.0000180. The van der Waals surface area contributed by atoms with E-state index in [0.717, 1.165) is 44.9 Å². The van der Waals surface area contributed by atoms with Gasteiger partial charge >= 0.3 is 6.09 Å². The average molecular weight is 1480 g/mol. The van der Waals surface area contributed by atoms with Crippen LogP contribution in [-0.4, -0.2) is 268 Å². The number of thiazole rings is 2. The summed E-state index contributed by atoms with van der Waals surface area (Å²) in [5, 5.41) is 111. The number of rotatable bonds is 39. The normalized spacial score (nSPS) is 23.3. The molecule has 40 nitrogen and oxygen atoms in total. The predicted molar refractivity (Wildman–Crippen MR) is 353 cm³/mol. The van der Waals surface area contributed by atoms with Crippen molar-refractivity contribution in [3.05, 3.63) is 56.8 Å². The molecule has 2 fully saturated rings. The van der Waals surface area contributed by atoms with E-state index in [2.05, 4.69) is 67.1 Å². The first-order valence-electron chi connectivity index (χ1n) is 31.4. The van der Waals surface area contributed by atoms with E-state index in [0.29, 0.717) is 28.8 Å². The molecule has 2 aliphatic heterocycles. The van der Waals surface area contributed by atoms with Crippen molar-refractivity contribution in [2.24, 2.45) is 34.6 Å². The fraction of sp³-hybridized carbons (Fsp3) is 0.632. The molecule has 0 spiro atoms. The van der Waals surface area contributed by atoms with Gasteiger partial charge in [0.15, 0.2) is 18.7 Å². The number of nitrogens with one attached hydrogen (secondary N) is 8. The van der Waals surface area contributed by atoms with Gasteiger partial charge < -0.3 is 141 Å². The van der Waals surface area contributed by atoms with Crippen LogP contribution in [0.4, 0.5) is 10.6 Å². The minimum atomic E-state index is -2.20. The maximum Gasteiger partial charge on any atom is 0.404 e. The molecule has 100 heavy (non-hydrogen) atoms. The smallest absolute Gasteiger partial charge is 0.404 e. The van der Waals surface area contributed by atoms with Crippen LogP contribution in [0.3, 0.4) is 0 Å². The second-order valence-corrected chi connectivity index (χ2v) is 25.2. The van der Waals surface area contributed by atoms with E-state index >= 15 is 4.79 Å². The predicted octanol–water partition coefficient (Wildman–Crippen LogP) is -7.83. The molecular formula is C57H90ClN19O21S2. The lowest BCUT2D eigenvalue weighted by Crippen LogP contribution is -2.65. The molecule has 2 saturated heterocycles. The van der Waals surface area contributed by atoms with Gasteiger partial charge in [-0.05, 0) is 59.7 Å². The Hall–Kier alpha value is -7.44. The number of imidazole rings is 1. The number of primary amides is 3. The number of aliphatic hydroxyl groups is 8. The molecular weight excluding hydrogens is 1390 g/mol. The Morgan fingerprint density at radius 3 is 2.08 bits per heavy atom. The largest absolute Gasteiger partial charge is 0.441 e. The number of carbonyl (C=O) groups excluding carboxylic acids is 8. The Labute approximate surface area is 585 Å². The lowest BCUT2D eigenvalue weighted by atomic mass is 9.96.